The Morgan fingerprint density at radius 3 is 2.18 bits per heavy atom. The maximum atomic E-state index is 5.31. The van der Waals surface area contributed by atoms with Crippen molar-refractivity contribution in [2.24, 2.45) is 0 Å². The average molecular weight is 278 g/mol. The van der Waals surface area contributed by atoms with Gasteiger partial charge in [-0.3, -0.25) is 0 Å². The van der Waals surface area contributed by atoms with Gasteiger partial charge in [0.1, 0.15) is 6.42 Å². The lowest BCUT2D eigenvalue weighted by Gasteiger charge is -2.30. The SMILES string of the molecule is COP(C)(=S)N(SBr)C(C)C. The van der Waals surface area contributed by atoms with Gasteiger partial charge in [0.15, 0.2) is 0 Å². The molecule has 1 atom stereocenters. The summed E-state index contributed by atoms with van der Waals surface area (Å²) in [6.45, 7) is 6.16. The van der Waals surface area contributed by atoms with E-state index in [1.54, 1.807) is 7.11 Å². The summed E-state index contributed by atoms with van der Waals surface area (Å²) >= 11 is 8.62. The summed E-state index contributed by atoms with van der Waals surface area (Å²) in [7, 11) is 3.14. The molecule has 0 aliphatic carbocycles. The van der Waals surface area contributed by atoms with Crippen LogP contribution in [0.3, 0.4) is 0 Å². The maximum Gasteiger partial charge on any atom is 0.139 e. The zero-order valence-corrected chi connectivity index (χ0v) is 11.2. The molecule has 0 aliphatic rings. The Balaban J connectivity index is 4.37. The van der Waals surface area contributed by atoms with Crippen molar-refractivity contribution < 1.29 is 4.52 Å². The van der Waals surface area contributed by atoms with Gasteiger partial charge in [0, 0.05) is 45.0 Å². The minimum absolute atomic E-state index is 0.398. The highest BCUT2D eigenvalue weighted by Gasteiger charge is 2.22. The van der Waals surface area contributed by atoms with Gasteiger partial charge in [0.2, 0.25) is 0 Å². The van der Waals surface area contributed by atoms with Gasteiger partial charge in [-0.15, -0.1) is 0 Å². The van der Waals surface area contributed by atoms with Gasteiger partial charge in [-0.25, -0.2) is 0 Å². The van der Waals surface area contributed by atoms with Gasteiger partial charge < -0.3 is 4.52 Å². The lowest BCUT2D eigenvalue weighted by Crippen LogP contribution is -2.19. The quantitative estimate of drug-likeness (QED) is 0.578. The predicted molar refractivity (Wildman–Crippen MR) is 60.7 cm³/mol. The van der Waals surface area contributed by atoms with E-state index in [-0.39, 0.29) is 0 Å². The fraction of sp³-hybridized carbons (Fsp3) is 1.00. The molecule has 0 aromatic carbocycles. The van der Waals surface area contributed by atoms with Crippen LogP contribution >= 0.6 is 31.6 Å². The first-order valence-corrected chi connectivity index (χ1v) is 8.91. The first-order valence-electron chi connectivity index (χ1n) is 3.17. The second kappa shape index (κ2) is 5.20. The molecule has 0 aliphatic heterocycles. The van der Waals surface area contributed by atoms with E-state index in [2.05, 4.69) is 32.7 Å². The Labute approximate surface area is 85.5 Å². The first-order chi connectivity index (χ1) is 4.95. The molecule has 0 heterocycles. The minimum atomic E-state index is -1.76. The summed E-state index contributed by atoms with van der Waals surface area (Å²) in [6.07, 6.45) is -1.76. The lowest BCUT2D eigenvalue weighted by molar-refractivity contribution is 0.417. The molecule has 0 N–H and O–H groups in total. The Hall–Kier alpha value is 1.40. The standard InChI is InChI=1S/C5H13BrNOPS2/c1-5(2)7(11-6)9(4,10)8-3/h5H,1-4H3. The van der Waals surface area contributed by atoms with Crippen molar-refractivity contribution in [1.82, 2.24) is 4.08 Å². The molecule has 0 radical (unpaired) electrons. The van der Waals surface area contributed by atoms with Crippen LogP contribution in [0.15, 0.2) is 0 Å². The predicted octanol–water partition coefficient (Wildman–Crippen LogP) is 3.24. The largest absolute Gasteiger partial charge is 0.341 e. The molecule has 0 saturated heterocycles. The van der Waals surface area contributed by atoms with E-state index in [4.69, 9.17) is 16.3 Å². The normalized spacial score (nSPS) is 17.4. The molecule has 0 saturated carbocycles. The number of nitrogens with zero attached hydrogens (tertiary/aromatic N) is 1. The molecular formula is C5H13BrNOPS2. The molecule has 68 valence electrons. The highest BCUT2D eigenvalue weighted by atomic mass is 79.9. The van der Waals surface area contributed by atoms with Crippen LogP contribution in [0, 0.1) is 0 Å². The number of rotatable bonds is 4. The van der Waals surface area contributed by atoms with E-state index in [1.165, 1.54) is 10.4 Å². The summed E-state index contributed by atoms with van der Waals surface area (Å²) in [6, 6.07) is 0.398. The number of hydrogen-bond donors (Lipinski definition) is 0. The van der Waals surface area contributed by atoms with Gasteiger partial charge >= 0.3 is 0 Å². The molecule has 2 nitrogen and oxygen atoms in total. The van der Waals surface area contributed by atoms with Gasteiger partial charge in [-0.2, -0.15) is 4.08 Å². The Morgan fingerprint density at radius 2 is 2.09 bits per heavy atom. The third-order valence-corrected chi connectivity index (χ3v) is 7.70. The van der Waals surface area contributed by atoms with E-state index in [9.17, 15) is 0 Å². The van der Waals surface area contributed by atoms with Crippen molar-refractivity contribution in [3.8, 4) is 0 Å². The zero-order chi connectivity index (χ0) is 9.07. The van der Waals surface area contributed by atoms with Crippen molar-refractivity contribution in [2.75, 3.05) is 13.8 Å². The minimum Gasteiger partial charge on any atom is -0.341 e. The third kappa shape index (κ3) is 3.75. The summed E-state index contributed by atoms with van der Waals surface area (Å²) in [4.78, 5) is 0. The average Bonchev–Trinajstić information content (AvgIpc) is 1.88. The maximum absolute atomic E-state index is 5.31. The van der Waals surface area contributed by atoms with E-state index in [0.29, 0.717) is 6.04 Å². The van der Waals surface area contributed by atoms with Crippen molar-refractivity contribution in [3.05, 3.63) is 0 Å². The summed E-state index contributed by atoms with van der Waals surface area (Å²) in [5.41, 5.74) is 0. The van der Waals surface area contributed by atoms with E-state index < -0.39 is 6.42 Å². The molecule has 11 heavy (non-hydrogen) atoms. The van der Waals surface area contributed by atoms with Gasteiger partial charge in [0.05, 0.1) is 0 Å². The number of halogens is 1. The fourth-order valence-electron chi connectivity index (χ4n) is 0.636. The Morgan fingerprint density at radius 1 is 1.64 bits per heavy atom. The van der Waals surface area contributed by atoms with Crippen molar-refractivity contribution in [3.63, 3.8) is 0 Å². The molecule has 0 rings (SSSR count). The van der Waals surface area contributed by atoms with E-state index in [1.807, 2.05) is 6.66 Å². The monoisotopic (exact) mass is 277 g/mol. The van der Waals surface area contributed by atoms with Crippen molar-refractivity contribution in [1.29, 1.82) is 0 Å². The highest BCUT2D eigenvalue weighted by Crippen LogP contribution is 2.53. The molecule has 1 unspecified atom stereocenters. The van der Waals surface area contributed by atoms with Crippen LogP contribution in [-0.2, 0) is 16.3 Å². The van der Waals surface area contributed by atoms with Crippen LogP contribution < -0.4 is 0 Å². The van der Waals surface area contributed by atoms with Crippen LogP contribution in [0.25, 0.3) is 0 Å². The summed E-state index contributed by atoms with van der Waals surface area (Å²) in [5, 5.41) is 0. The van der Waals surface area contributed by atoms with Crippen LogP contribution in [0.1, 0.15) is 13.8 Å². The van der Waals surface area contributed by atoms with Crippen LogP contribution in [-0.4, -0.2) is 23.9 Å². The van der Waals surface area contributed by atoms with E-state index >= 15 is 0 Å². The van der Waals surface area contributed by atoms with Crippen molar-refractivity contribution in [2.45, 2.75) is 19.9 Å². The van der Waals surface area contributed by atoms with Crippen LogP contribution in [0.2, 0.25) is 0 Å². The fourth-order valence-corrected chi connectivity index (χ4v) is 7.31. The molecule has 0 aromatic rings. The molecular weight excluding hydrogens is 265 g/mol. The molecule has 6 heteroatoms. The molecule has 0 bridgehead atoms. The highest BCUT2D eigenvalue weighted by molar-refractivity contribution is 9.50. The smallest absolute Gasteiger partial charge is 0.139 e. The lowest BCUT2D eigenvalue weighted by atomic mass is 10.4. The van der Waals surface area contributed by atoms with Crippen molar-refractivity contribution >= 4 is 43.4 Å². The second-order valence-corrected chi connectivity index (χ2v) is 8.56. The zero-order valence-electron chi connectivity index (χ0n) is 7.07. The Bertz CT molecular complexity index is 167. The summed E-state index contributed by atoms with van der Waals surface area (Å²) in [5.74, 6) is 0. The van der Waals surface area contributed by atoms with Crippen LogP contribution in [0.4, 0.5) is 0 Å². The second-order valence-electron chi connectivity index (χ2n) is 2.45. The van der Waals surface area contributed by atoms with Crippen LogP contribution in [0.5, 0.6) is 0 Å². The molecule has 0 fully saturated rings. The van der Waals surface area contributed by atoms with Gasteiger partial charge in [0.25, 0.3) is 0 Å². The van der Waals surface area contributed by atoms with E-state index in [0.717, 1.165) is 0 Å². The number of hydrogen-bond acceptors (Lipinski definition) is 3. The third-order valence-electron chi connectivity index (χ3n) is 1.21. The summed E-state index contributed by atoms with van der Waals surface area (Å²) < 4.78 is 7.32. The molecule has 0 amide bonds. The van der Waals surface area contributed by atoms with Gasteiger partial charge in [-0.1, -0.05) is 0 Å². The molecule has 0 aromatic heterocycles. The first kappa shape index (κ1) is 12.4. The van der Waals surface area contributed by atoms with Gasteiger partial charge in [-0.05, 0) is 25.7 Å². The topological polar surface area (TPSA) is 12.5 Å². The molecule has 0 spiro atoms. The Kier molecular flexibility index (Phi) is 5.86.